The number of carbonyl (C=O) groups is 2. The zero-order valence-corrected chi connectivity index (χ0v) is 23.9. The predicted molar refractivity (Wildman–Crippen MR) is 144 cm³/mol. The molecule has 2 fully saturated rings. The van der Waals surface area contributed by atoms with Crippen molar-refractivity contribution < 1.29 is 36.6 Å². The Balaban J connectivity index is 1.75. The van der Waals surface area contributed by atoms with Crippen LogP contribution in [0.1, 0.15) is 85.2 Å². The summed E-state index contributed by atoms with van der Waals surface area (Å²) in [6.45, 7) is 4.26. The average molecular weight is 604 g/mol. The second-order valence-corrected chi connectivity index (χ2v) is 12.5. The second-order valence-electron chi connectivity index (χ2n) is 11.5. The van der Waals surface area contributed by atoms with Crippen molar-refractivity contribution in [1.29, 1.82) is 0 Å². The van der Waals surface area contributed by atoms with Gasteiger partial charge < -0.3 is 20.6 Å². The molecule has 0 spiro atoms. The van der Waals surface area contributed by atoms with E-state index in [1.807, 2.05) is 0 Å². The summed E-state index contributed by atoms with van der Waals surface area (Å²) in [6, 6.07) is 0.0529. The fourth-order valence-corrected chi connectivity index (χ4v) is 5.96. The highest BCUT2D eigenvalue weighted by atomic mass is 32.1. The molecule has 41 heavy (non-hydrogen) atoms. The molecule has 0 bridgehead atoms. The van der Waals surface area contributed by atoms with E-state index in [0.717, 1.165) is 18.7 Å². The van der Waals surface area contributed by atoms with Crippen molar-refractivity contribution >= 4 is 29.0 Å². The number of piperidine rings is 1. The quantitative estimate of drug-likeness (QED) is 0.367. The van der Waals surface area contributed by atoms with E-state index in [9.17, 15) is 32.3 Å². The van der Waals surface area contributed by atoms with Gasteiger partial charge in [-0.05, 0) is 52.5 Å². The summed E-state index contributed by atoms with van der Waals surface area (Å²) in [5.41, 5.74) is -4.85. The Morgan fingerprint density at radius 2 is 1.88 bits per heavy atom. The number of carbonyl (C=O) groups excluding carboxylic acids is 2. The summed E-state index contributed by atoms with van der Waals surface area (Å²) >= 11 is 0.589. The van der Waals surface area contributed by atoms with E-state index in [1.54, 1.807) is 0 Å². The largest absolute Gasteiger partial charge is 0.417 e. The van der Waals surface area contributed by atoms with Crippen LogP contribution in [0.3, 0.4) is 0 Å². The van der Waals surface area contributed by atoms with Crippen LogP contribution in [0.2, 0.25) is 0 Å². The molecule has 1 saturated heterocycles. The van der Waals surface area contributed by atoms with E-state index in [1.165, 1.54) is 25.7 Å². The van der Waals surface area contributed by atoms with Gasteiger partial charge in [-0.1, -0.05) is 12.8 Å². The number of likely N-dealkylation sites (tertiary alicyclic amines) is 1. The van der Waals surface area contributed by atoms with Crippen molar-refractivity contribution in [2.24, 2.45) is 0 Å². The van der Waals surface area contributed by atoms with Crippen molar-refractivity contribution in [1.82, 2.24) is 20.2 Å². The summed E-state index contributed by atoms with van der Waals surface area (Å²) in [5.74, 6) is -1.67. The lowest BCUT2D eigenvalue weighted by Gasteiger charge is -2.35. The minimum Gasteiger partial charge on any atom is -0.389 e. The van der Waals surface area contributed by atoms with Crippen molar-refractivity contribution in [2.75, 3.05) is 25.0 Å². The molecule has 1 saturated carbocycles. The Bertz CT molecular complexity index is 1270. The summed E-state index contributed by atoms with van der Waals surface area (Å²) in [4.78, 5) is 35.6. The van der Waals surface area contributed by atoms with E-state index in [2.05, 4.69) is 20.6 Å². The van der Waals surface area contributed by atoms with E-state index in [0.29, 0.717) is 24.2 Å². The third-order valence-corrected chi connectivity index (χ3v) is 8.42. The van der Waals surface area contributed by atoms with Gasteiger partial charge in [-0.2, -0.15) is 13.2 Å². The molecule has 3 N–H and O–H groups in total. The van der Waals surface area contributed by atoms with E-state index in [4.69, 9.17) is 0 Å². The topological polar surface area (TPSA) is 107 Å². The van der Waals surface area contributed by atoms with Gasteiger partial charge in [0.1, 0.15) is 23.4 Å². The molecular formula is C27H34F5N5O3S. The molecule has 0 aromatic carbocycles. The van der Waals surface area contributed by atoms with Gasteiger partial charge in [-0.25, -0.2) is 18.7 Å². The van der Waals surface area contributed by atoms with Crippen LogP contribution in [0.4, 0.5) is 27.8 Å². The molecule has 0 radical (unpaired) electrons. The van der Waals surface area contributed by atoms with Crippen LogP contribution in [-0.2, 0) is 6.18 Å². The lowest BCUT2D eigenvalue weighted by Crippen LogP contribution is -2.43. The highest BCUT2D eigenvalue weighted by Crippen LogP contribution is 2.42. The van der Waals surface area contributed by atoms with Crippen LogP contribution in [0.25, 0.3) is 10.4 Å². The van der Waals surface area contributed by atoms with Crippen LogP contribution in [0.5, 0.6) is 0 Å². The highest BCUT2D eigenvalue weighted by molar-refractivity contribution is 7.17. The van der Waals surface area contributed by atoms with Crippen LogP contribution in [0.15, 0.2) is 12.3 Å². The summed E-state index contributed by atoms with van der Waals surface area (Å²) in [5, 5.41) is 14.9. The van der Waals surface area contributed by atoms with E-state index < -0.39 is 52.6 Å². The third kappa shape index (κ3) is 7.51. The number of alkyl halides is 5. The number of hydrogen-bond acceptors (Lipinski definition) is 7. The minimum absolute atomic E-state index is 0.0494. The number of rotatable bonds is 7. The standard InChI is InChI=1S/C27H34F5N5O3S/c1-25(2,40)14-34-22(38)23-36-20(24(39)37-10-7-15(28)8-11-37)21(41-23)16-13-33-19(12-17(16)27(30,31)32)35-18-6-4-5-9-26(18,3)29/h12-13,15,18,40H,4-11,14H2,1-3H3,(H,33,35)(H,34,38). The van der Waals surface area contributed by atoms with Gasteiger partial charge in [0.25, 0.3) is 11.8 Å². The van der Waals surface area contributed by atoms with Crippen LogP contribution in [0, 0.1) is 0 Å². The smallest absolute Gasteiger partial charge is 0.389 e. The molecular weight excluding hydrogens is 569 g/mol. The maximum atomic E-state index is 15.0. The number of anilines is 1. The summed E-state index contributed by atoms with van der Waals surface area (Å²) < 4.78 is 71.9. The zero-order chi connectivity index (χ0) is 30.2. The van der Waals surface area contributed by atoms with Gasteiger partial charge >= 0.3 is 6.18 Å². The van der Waals surface area contributed by atoms with Crippen LogP contribution < -0.4 is 10.6 Å². The van der Waals surface area contributed by atoms with Gasteiger partial charge in [0.15, 0.2) is 5.01 Å². The van der Waals surface area contributed by atoms with Gasteiger partial charge in [0, 0.05) is 31.4 Å². The monoisotopic (exact) mass is 603 g/mol. The Kier molecular flexibility index (Phi) is 8.93. The average Bonchev–Trinajstić information content (AvgIpc) is 3.33. The van der Waals surface area contributed by atoms with E-state index in [-0.39, 0.29) is 60.3 Å². The molecule has 2 aromatic heterocycles. The number of aliphatic hydroxyl groups is 1. The van der Waals surface area contributed by atoms with Crippen LogP contribution >= 0.6 is 11.3 Å². The minimum atomic E-state index is -4.89. The number of nitrogens with zero attached hydrogens (tertiary/aromatic N) is 3. The van der Waals surface area contributed by atoms with Gasteiger partial charge in [0.2, 0.25) is 0 Å². The number of pyridine rings is 1. The first-order valence-electron chi connectivity index (χ1n) is 13.5. The fourth-order valence-electron chi connectivity index (χ4n) is 4.96. The molecule has 2 amide bonds. The fraction of sp³-hybridized carbons (Fsp3) is 0.630. The number of nitrogens with one attached hydrogen (secondary N) is 2. The molecule has 4 rings (SSSR count). The Morgan fingerprint density at radius 1 is 1.20 bits per heavy atom. The first-order chi connectivity index (χ1) is 19.0. The van der Waals surface area contributed by atoms with Crippen LogP contribution in [-0.4, -0.2) is 74.9 Å². The summed E-state index contributed by atoms with van der Waals surface area (Å²) in [6.07, 6.45) is -2.76. The Hall–Kier alpha value is -2.87. The number of halogens is 5. The second kappa shape index (κ2) is 11.8. The number of thiazole rings is 1. The van der Waals surface area contributed by atoms with Crippen molar-refractivity contribution in [3.05, 3.63) is 28.5 Å². The third-order valence-electron chi connectivity index (χ3n) is 7.33. The van der Waals surface area contributed by atoms with E-state index >= 15 is 4.39 Å². The molecule has 14 heteroatoms. The normalized spacial score (nSPS) is 22.5. The molecule has 8 nitrogen and oxygen atoms in total. The summed E-state index contributed by atoms with van der Waals surface area (Å²) in [7, 11) is 0. The molecule has 3 heterocycles. The highest BCUT2D eigenvalue weighted by Gasteiger charge is 2.40. The van der Waals surface area contributed by atoms with Crippen molar-refractivity contribution in [3.8, 4) is 10.4 Å². The molecule has 2 aromatic rings. The number of aromatic nitrogens is 2. The molecule has 1 aliphatic heterocycles. The number of hydrogen-bond donors (Lipinski definition) is 3. The van der Waals surface area contributed by atoms with Gasteiger partial charge in [-0.3, -0.25) is 9.59 Å². The Morgan fingerprint density at radius 3 is 2.49 bits per heavy atom. The zero-order valence-electron chi connectivity index (χ0n) is 23.1. The lowest BCUT2D eigenvalue weighted by atomic mass is 9.83. The van der Waals surface area contributed by atoms with Crippen molar-refractivity contribution in [3.63, 3.8) is 0 Å². The molecule has 2 unspecified atom stereocenters. The van der Waals surface area contributed by atoms with Gasteiger partial charge in [-0.15, -0.1) is 11.3 Å². The first-order valence-corrected chi connectivity index (χ1v) is 14.3. The number of amides is 2. The Labute approximate surface area is 238 Å². The molecule has 2 aliphatic rings. The van der Waals surface area contributed by atoms with Gasteiger partial charge in [0.05, 0.1) is 22.1 Å². The SMILES string of the molecule is CC(C)(O)CNC(=O)c1nc(C(=O)N2CCC(F)CC2)c(-c2cnc(NC3CCCCC3(C)F)cc2C(F)(F)F)s1. The molecule has 226 valence electrons. The molecule has 2 atom stereocenters. The first kappa shape index (κ1) is 31.1. The lowest BCUT2D eigenvalue weighted by molar-refractivity contribution is -0.137. The predicted octanol–water partition coefficient (Wildman–Crippen LogP) is 5.38. The van der Waals surface area contributed by atoms with Crippen molar-refractivity contribution in [2.45, 2.75) is 89.0 Å². The maximum Gasteiger partial charge on any atom is 0.417 e. The maximum absolute atomic E-state index is 15.0. The molecule has 1 aliphatic carbocycles.